The minimum absolute atomic E-state index is 0.0655. The highest BCUT2D eigenvalue weighted by molar-refractivity contribution is 5.78. The molecule has 0 unspecified atom stereocenters. The van der Waals surface area contributed by atoms with E-state index in [4.69, 9.17) is 0 Å². The van der Waals surface area contributed by atoms with Gasteiger partial charge in [0, 0.05) is 37.8 Å². The zero-order valence-corrected chi connectivity index (χ0v) is 12.8. The molecule has 0 aliphatic heterocycles. The van der Waals surface area contributed by atoms with Gasteiger partial charge in [-0.15, -0.1) is 0 Å². The highest BCUT2D eigenvalue weighted by atomic mass is 16.6. The van der Waals surface area contributed by atoms with Gasteiger partial charge < -0.3 is 4.57 Å². The molecule has 7 nitrogen and oxygen atoms in total. The number of hydrogen-bond acceptors (Lipinski definition) is 4. The second kappa shape index (κ2) is 5.25. The normalized spacial score (nSPS) is 11.2. The molecule has 0 atom stereocenters. The summed E-state index contributed by atoms with van der Waals surface area (Å²) in [4.78, 5) is 15.0. The molecule has 3 aromatic rings. The lowest BCUT2D eigenvalue weighted by atomic mass is 10.3. The minimum atomic E-state index is -0.399. The zero-order valence-electron chi connectivity index (χ0n) is 12.8. The molecule has 0 saturated carbocycles. The van der Waals surface area contributed by atoms with Crippen molar-refractivity contribution < 1.29 is 4.92 Å². The summed E-state index contributed by atoms with van der Waals surface area (Å²) >= 11 is 0. The van der Waals surface area contributed by atoms with Crippen LogP contribution in [0.4, 0.5) is 5.69 Å². The Kier molecular flexibility index (Phi) is 3.40. The molecule has 0 spiro atoms. The van der Waals surface area contributed by atoms with Gasteiger partial charge in [0.2, 0.25) is 0 Å². The molecule has 3 rings (SSSR count). The molecule has 0 aliphatic carbocycles. The largest absolute Gasteiger partial charge is 0.331 e. The number of nitrogens with zero attached hydrogens (tertiary/aromatic N) is 5. The van der Waals surface area contributed by atoms with E-state index >= 15 is 0 Å². The fraction of sp³-hybridized carbons (Fsp3) is 0.333. The van der Waals surface area contributed by atoms with Crippen LogP contribution in [0, 0.1) is 24.0 Å². The summed E-state index contributed by atoms with van der Waals surface area (Å²) in [6, 6.07) is 6.81. The van der Waals surface area contributed by atoms with Crippen molar-refractivity contribution >= 4 is 16.7 Å². The quantitative estimate of drug-likeness (QED) is 0.548. The van der Waals surface area contributed by atoms with Crippen LogP contribution in [0.5, 0.6) is 0 Å². The Bertz CT molecular complexity index is 862. The first kappa shape index (κ1) is 14.2. The Morgan fingerprint density at radius 3 is 2.68 bits per heavy atom. The van der Waals surface area contributed by atoms with Crippen LogP contribution in [0.2, 0.25) is 0 Å². The van der Waals surface area contributed by atoms with Crippen LogP contribution < -0.4 is 0 Å². The van der Waals surface area contributed by atoms with Crippen molar-refractivity contribution in [2.24, 2.45) is 7.05 Å². The molecular formula is C15H17N5O2. The fourth-order valence-electron chi connectivity index (χ4n) is 2.68. The lowest BCUT2D eigenvalue weighted by Crippen LogP contribution is -2.08. The summed E-state index contributed by atoms with van der Waals surface area (Å²) in [5.41, 5.74) is 3.73. The SMILES string of the molecule is Cc1cc(C)n(CCc2nc3cc([N+](=O)[O-])ccc3n2C)n1. The summed E-state index contributed by atoms with van der Waals surface area (Å²) in [6.45, 7) is 4.73. The Labute approximate surface area is 127 Å². The number of fused-ring (bicyclic) bond motifs is 1. The van der Waals surface area contributed by atoms with E-state index < -0.39 is 4.92 Å². The lowest BCUT2D eigenvalue weighted by Gasteiger charge is -2.05. The first-order chi connectivity index (χ1) is 10.5. The monoisotopic (exact) mass is 299 g/mol. The van der Waals surface area contributed by atoms with Crippen LogP contribution in [0.1, 0.15) is 17.2 Å². The van der Waals surface area contributed by atoms with Crippen molar-refractivity contribution in [2.75, 3.05) is 0 Å². The number of benzene rings is 1. The van der Waals surface area contributed by atoms with Gasteiger partial charge in [-0.05, 0) is 26.0 Å². The standard InChI is InChI=1S/C15H17N5O2/c1-10-8-11(2)19(17-10)7-6-15-16-13-9-12(20(21)22)4-5-14(13)18(15)3/h4-5,8-9H,6-7H2,1-3H3. The van der Waals surface area contributed by atoms with Gasteiger partial charge in [0.1, 0.15) is 5.82 Å². The molecule has 0 aliphatic rings. The van der Waals surface area contributed by atoms with E-state index in [1.807, 2.05) is 36.2 Å². The molecule has 0 N–H and O–H groups in total. The highest BCUT2D eigenvalue weighted by Gasteiger charge is 2.13. The van der Waals surface area contributed by atoms with Crippen LogP contribution in [0.3, 0.4) is 0 Å². The van der Waals surface area contributed by atoms with Gasteiger partial charge in [-0.25, -0.2) is 4.98 Å². The van der Waals surface area contributed by atoms with Crippen LogP contribution in [-0.2, 0) is 20.0 Å². The van der Waals surface area contributed by atoms with Gasteiger partial charge in [0.25, 0.3) is 5.69 Å². The molecule has 0 radical (unpaired) electrons. The number of aryl methyl sites for hydroxylation is 5. The molecule has 1 aromatic carbocycles. The Morgan fingerprint density at radius 1 is 1.27 bits per heavy atom. The van der Waals surface area contributed by atoms with Crippen molar-refractivity contribution in [3.8, 4) is 0 Å². The van der Waals surface area contributed by atoms with Crippen LogP contribution >= 0.6 is 0 Å². The van der Waals surface area contributed by atoms with E-state index in [-0.39, 0.29) is 5.69 Å². The van der Waals surface area contributed by atoms with Gasteiger partial charge in [0.05, 0.1) is 21.7 Å². The topological polar surface area (TPSA) is 78.8 Å². The van der Waals surface area contributed by atoms with Gasteiger partial charge in [0.15, 0.2) is 0 Å². The van der Waals surface area contributed by atoms with Crippen molar-refractivity contribution in [3.05, 3.63) is 51.6 Å². The first-order valence-corrected chi connectivity index (χ1v) is 7.06. The predicted octanol–water partition coefficient (Wildman–Crippen LogP) is 2.54. The van der Waals surface area contributed by atoms with Crippen LogP contribution in [0.15, 0.2) is 24.3 Å². The van der Waals surface area contributed by atoms with Crippen molar-refractivity contribution in [3.63, 3.8) is 0 Å². The van der Waals surface area contributed by atoms with E-state index in [1.165, 1.54) is 12.1 Å². The summed E-state index contributed by atoms with van der Waals surface area (Å²) in [5, 5.41) is 15.3. The van der Waals surface area contributed by atoms with E-state index in [9.17, 15) is 10.1 Å². The maximum Gasteiger partial charge on any atom is 0.271 e. The summed E-state index contributed by atoms with van der Waals surface area (Å²) < 4.78 is 3.93. The number of aromatic nitrogens is 4. The molecular weight excluding hydrogens is 282 g/mol. The predicted molar refractivity (Wildman–Crippen MR) is 82.8 cm³/mol. The first-order valence-electron chi connectivity index (χ1n) is 7.06. The lowest BCUT2D eigenvalue weighted by molar-refractivity contribution is -0.384. The maximum atomic E-state index is 10.8. The summed E-state index contributed by atoms with van der Waals surface area (Å²) in [6.07, 6.45) is 0.723. The second-order valence-corrected chi connectivity index (χ2v) is 5.42. The van der Waals surface area contributed by atoms with E-state index in [0.29, 0.717) is 5.52 Å². The van der Waals surface area contributed by atoms with Gasteiger partial charge in [-0.1, -0.05) is 0 Å². The number of imidazole rings is 1. The fourth-order valence-corrected chi connectivity index (χ4v) is 2.68. The van der Waals surface area contributed by atoms with E-state index in [0.717, 1.165) is 35.7 Å². The number of hydrogen-bond donors (Lipinski definition) is 0. The molecule has 2 heterocycles. The van der Waals surface area contributed by atoms with E-state index in [1.54, 1.807) is 6.07 Å². The summed E-state index contributed by atoms with van der Waals surface area (Å²) in [5.74, 6) is 0.892. The third kappa shape index (κ3) is 2.45. The number of nitro groups is 1. The smallest absolute Gasteiger partial charge is 0.271 e. The van der Waals surface area contributed by atoms with Crippen molar-refractivity contribution in [2.45, 2.75) is 26.8 Å². The average Bonchev–Trinajstić information content (AvgIpc) is 2.96. The minimum Gasteiger partial charge on any atom is -0.331 e. The zero-order chi connectivity index (χ0) is 15.9. The Hall–Kier alpha value is -2.70. The Morgan fingerprint density at radius 2 is 2.05 bits per heavy atom. The number of nitro benzene ring substituents is 1. The second-order valence-electron chi connectivity index (χ2n) is 5.42. The van der Waals surface area contributed by atoms with Crippen molar-refractivity contribution in [1.29, 1.82) is 0 Å². The molecule has 0 amide bonds. The number of non-ortho nitro benzene ring substituents is 1. The molecule has 7 heteroatoms. The van der Waals surface area contributed by atoms with Crippen LogP contribution in [-0.4, -0.2) is 24.3 Å². The summed E-state index contributed by atoms with van der Waals surface area (Å²) in [7, 11) is 1.93. The third-order valence-electron chi connectivity index (χ3n) is 3.82. The molecule has 0 bridgehead atoms. The highest BCUT2D eigenvalue weighted by Crippen LogP contribution is 2.21. The number of rotatable bonds is 4. The van der Waals surface area contributed by atoms with Crippen LogP contribution in [0.25, 0.3) is 11.0 Å². The molecule has 0 saturated heterocycles. The van der Waals surface area contributed by atoms with Crippen molar-refractivity contribution in [1.82, 2.24) is 19.3 Å². The van der Waals surface area contributed by atoms with Gasteiger partial charge in [-0.2, -0.15) is 5.10 Å². The molecule has 0 fully saturated rings. The van der Waals surface area contributed by atoms with Gasteiger partial charge in [-0.3, -0.25) is 14.8 Å². The maximum absolute atomic E-state index is 10.8. The average molecular weight is 299 g/mol. The molecule has 2 aromatic heterocycles. The van der Waals surface area contributed by atoms with Gasteiger partial charge >= 0.3 is 0 Å². The molecule has 114 valence electrons. The molecule has 22 heavy (non-hydrogen) atoms. The third-order valence-corrected chi connectivity index (χ3v) is 3.82. The van der Waals surface area contributed by atoms with E-state index in [2.05, 4.69) is 10.1 Å². The Balaban J connectivity index is 1.89.